The molecule has 1 atom stereocenters. The maximum Gasteiger partial charge on any atom is 0.275 e. The molecule has 0 N–H and O–H groups in total. The van der Waals surface area contributed by atoms with Crippen LogP contribution < -0.4 is 0 Å². The van der Waals surface area contributed by atoms with Crippen LogP contribution in [0.15, 0.2) is 29.9 Å². The molecule has 4 rings (SSSR count). The van der Waals surface area contributed by atoms with E-state index >= 15 is 0 Å². The topological polar surface area (TPSA) is 66.4 Å². The van der Waals surface area contributed by atoms with Gasteiger partial charge in [0.25, 0.3) is 11.8 Å². The molecule has 0 bridgehead atoms. The molecule has 0 spiro atoms. The van der Waals surface area contributed by atoms with Gasteiger partial charge in [0.05, 0.1) is 6.04 Å². The zero-order valence-corrected chi connectivity index (χ0v) is 14.7. The van der Waals surface area contributed by atoms with Gasteiger partial charge in [-0.05, 0) is 37.1 Å². The lowest BCUT2D eigenvalue weighted by Gasteiger charge is -2.40. The quantitative estimate of drug-likeness (QED) is 0.848. The normalized spacial score (nSPS) is 20.2. The molecule has 0 radical (unpaired) electrons. The first-order chi connectivity index (χ1) is 12.3. The molecule has 7 heteroatoms. The van der Waals surface area contributed by atoms with Crippen molar-refractivity contribution in [1.82, 2.24) is 19.8 Å². The van der Waals surface area contributed by atoms with Crippen molar-refractivity contribution >= 4 is 23.2 Å². The summed E-state index contributed by atoms with van der Waals surface area (Å²) in [5.74, 6) is -0.373. The summed E-state index contributed by atoms with van der Waals surface area (Å²) >= 11 is 1.65. The number of hydrogen-bond acceptors (Lipinski definition) is 5. The lowest BCUT2D eigenvalue weighted by atomic mass is 10.00. The van der Waals surface area contributed by atoms with Crippen molar-refractivity contribution in [3.63, 3.8) is 0 Å². The van der Waals surface area contributed by atoms with Gasteiger partial charge in [-0.2, -0.15) is 0 Å². The van der Waals surface area contributed by atoms with E-state index in [4.69, 9.17) is 0 Å². The number of carbonyl (C=O) groups excluding carboxylic acids is 2. The van der Waals surface area contributed by atoms with E-state index < -0.39 is 0 Å². The minimum Gasteiger partial charge on any atom is -0.337 e. The second-order valence-electron chi connectivity index (χ2n) is 6.42. The molecule has 2 amide bonds. The number of rotatable bonds is 3. The lowest BCUT2D eigenvalue weighted by molar-refractivity contribution is 0.0454. The highest BCUT2D eigenvalue weighted by atomic mass is 32.1. The molecular weight excluding hydrogens is 336 g/mol. The summed E-state index contributed by atoms with van der Waals surface area (Å²) in [7, 11) is 0. The summed E-state index contributed by atoms with van der Waals surface area (Å²) in [5.41, 5.74) is 0.366. The molecule has 25 heavy (non-hydrogen) atoms. The minimum absolute atomic E-state index is 0.0902. The number of likely N-dealkylation sites (tertiary alicyclic amines) is 2. The number of hydrogen-bond donors (Lipinski definition) is 0. The van der Waals surface area contributed by atoms with Gasteiger partial charge < -0.3 is 9.80 Å². The van der Waals surface area contributed by atoms with Crippen molar-refractivity contribution in [1.29, 1.82) is 0 Å². The summed E-state index contributed by atoms with van der Waals surface area (Å²) in [4.78, 5) is 39.0. The van der Waals surface area contributed by atoms with Crippen molar-refractivity contribution in [3.05, 3.63) is 46.2 Å². The predicted molar refractivity (Wildman–Crippen MR) is 94.5 cm³/mol. The Morgan fingerprint density at radius 3 is 2.32 bits per heavy atom. The minimum atomic E-state index is -0.196. The van der Waals surface area contributed by atoms with Gasteiger partial charge in [-0.25, -0.2) is 9.97 Å². The molecule has 2 aromatic rings. The summed E-state index contributed by atoms with van der Waals surface area (Å²) in [6.45, 7) is 2.14. The smallest absolute Gasteiger partial charge is 0.275 e. The van der Waals surface area contributed by atoms with Crippen molar-refractivity contribution in [3.8, 4) is 0 Å². The number of nitrogens with zero attached hydrogens (tertiary/aromatic N) is 4. The molecule has 0 saturated carbocycles. The Morgan fingerprint density at radius 2 is 1.72 bits per heavy atom. The van der Waals surface area contributed by atoms with Crippen LogP contribution in [0, 0.1) is 0 Å². The first-order valence-electron chi connectivity index (χ1n) is 8.70. The Labute approximate surface area is 150 Å². The number of piperidine rings is 1. The lowest BCUT2D eigenvalue weighted by Crippen LogP contribution is -2.46. The van der Waals surface area contributed by atoms with Crippen LogP contribution in [0.2, 0.25) is 0 Å². The van der Waals surface area contributed by atoms with Crippen LogP contribution in [-0.4, -0.2) is 51.2 Å². The largest absolute Gasteiger partial charge is 0.337 e. The molecule has 0 aromatic carbocycles. The highest BCUT2D eigenvalue weighted by Gasteiger charge is 2.37. The van der Waals surface area contributed by atoms with Crippen LogP contribution in [-0.2, 0) is 0 Å². The third-order valence-electron chi connectivity index (χ3n) is 4.90. The maximum absolute atomic E-state index is 13.0. The van der Waals surface area contributed by atoms with E-state index in [0.29, 0.717) is 6.54 Å². The summed E-state index contributed by atoms with van der Waals surface area (Å²) < 4.78 is 0. The van der Waals surface area contributed by atoms with Gasteiger partial charge in [0.1, 0.15) is 0 Å². The Hall–Kier alpha value is -2.28. The van der Waals surface area contributed by atoms with E-state index in [-0.39, 0.29) is 29.2 Å². The summed E-state index contributed by atoms with van der Waals surface area (Å²) in [5, 5.41) is 2.02. The number of aromatic nitrogens is 2. The molecule has 0 unspecified atom stereocenters. The molecule has 6 nitrogen and oxygen atoms in total. The third-order valence-corrected chi connectivity index (χ3v) is 5.87. The van der Waals surface area contributed by atoms with E-state index in [0.717, 1.165) is 38.8 Å². The second kappa shape index (κ2) is 6.92. The molecule has 2 fully saturated rings. The van der Waals surface area contributed by atoms with Crippen LogP contribution in [0.1, 0.15) is 57.6 Å². The zero-order valence-electron chi connectivity index (χ0n) is 13.9. The predicted octanol–water partition coefficient (Wildman–Crippen LogP) is 2.75. The monoisotopic (exact) mass is 356 g/mol. The van der Waals surface area contributed by atoms with Gasteiger partial charge in [-0.3, -0.25) is 9.59 Å². The molecule has 2 aliphatic heterocycles. The number of thiophene rings is 1. The van der Waals surface area contributed by atoms with E-state index in [1.807, 2.05) is 17.5 Å². The Bertz CT molecular complexity index is 771. The van der Waals surface area contributed by atoms with E-state index in [1.165, 1.54) is 17.3 Å². The van der Waals surface area contributed by atoms with Crippen molar-refractivity contribution in [2.24, 2.45) is 0 Å². The highest BCUT2D eigenvalue weighted by Crippen LogP contribution is 2.36. The first-order valence-corrected chi connectivity index (χ1v) is 9.58. The highest BCUT2D eigenvalue weighted by molar-refractivity contribution is 7.10. The van der Waals surface area contributed by atoms with Gasteiger partial charge >= 0.3 is 0 Å². The Balaban J connectivity index is 1.58. The van der Waals surface area contributed by atoms with Gasteiger partial charge in [0.2, 0.25) is 0 Å². The fourth-order valence-corrected chi connectivity index (χ4v) is 4.31. The average molecular weight is 356 g/mol. The van der Waals surface area contributed by atoms with Crippen molar-refractivity contribution in [2.45, 2.75) is 31.7 Å². The van der Waals surface area contributed by atoms with Crippen LogP contribution in [0.25, 0.3) is 0 Å². The fraction of sp³-hybridized carbons (Fsp3) is 0.444. The van der Waals surface area contributed by atoms with E-state index in [2.05, 4.69) is 9.97 Å². The SMILES string of the molecule is O=C(c1nccnc1C(=O)N1CC[C@@H]1c1cccs1)N1CCCCC1. The van der Waals surface area contributed by atoms with Gasteiger partial charge in [-0.15, -0.1) is 11.3 Å². The van der Waals surface area contributed by atoms with Gasteiger partial charge in [0.15, 0.2) is 11.4 Å². The summed E-state index contributed by atoms with van der Waals surface area (Å²) in [6, 6.07) is 4.13. The molecule has 2 aromatic heterocycles. The number of carbonyl (C=O) groups is 2. The first kappa shape index (κ1) is 16.2. The average Bonchev–Trinajstić information content (AvgIpc) is 3.14. The van der Waals surface area contributed by atoms with E-state index in [1.54, 1.807) is 21.1 Å². The third kappa shape index (κ3) is 3.04. The molecule has 2 aliphatic rings. The fourth-order valence-electron chi connectivity index (χ4n) is 3.44. The Kier molecular flexibility index (Phi) is 4.48. The molecule has 0 aliphatic carbocycles. The molecule has 4 heterocycles. The Morgan fingerprint density at radius 1 is 1.00 bits per heavy atom. The number of amides is 2. The van der Waals surface area contributed by atoms with Crippen molar-refractivity contribution in [2.75, 3.05) is 19.6 Å². The van der Waals surface area contributed by atoms with Crippen LogP contribution in [0.4, 0.5) is 0 Å². The van der Waals surface area contributed by atoms with Gasteiger partial charge in [-0.1, -0.05) is 6.07 Å². The summed E-state index contributed by atoms with van der Waals surface area (Å²) in [6.07, 6.45) is 7.07. The van der Waals surface area contributed by atoms with Crippen LogP contribution in [0.5, 0.6) is 0 Å². The maximum atomic E-state index is 13.0. The molecule has 2 saturated heterocycles. The molecular formula is C18H20N4O2S. The standard InChI is InChI=1S/C18H20N4O2S/c23-17(21-9-2-1-3-10-21)15-16(20-8-7-19-15)18(24)22-11-6-13(22)14-5-4-12-25-14/h4-5,7-8,12-13H,1-3,6,9-11H2/t13-/m1/s1. The van der Waals surface area contributed by atoms with Crippen LogP contribution in [0.3, 0.4) is 0 Å². The van der Waals surface area contributed by atoms with E-state index in [9.17, 15) is 9.59 Å². The van der Waals surface area contributed by atoms with Crippen molar-refractivity contribution < 1.29 is 9.59 Å². The molecule has 130 valence electrons. The van der Waals surface area contributed by atoms with Crippen LogP contribution >= 0.6 is 11.3 Å². The van der Waals surface area contributed by atoms with Gasteiger partial charge in [0, 0.05) is 36.9 Å². The zero-order chi connectivity index (χ0) is 17.2. The second-order valence-corrected chi connectivity index (χ2v) is 7.40.